The molecule has 0 bridgehead atoms. The Kier molecular flexibility index (Phi) is 8.27. The van der Waals surface area contributed by atoms with Crippen LogP contribution in [0.3, 0.4) is 0 Å². The van der Waals surface area contributed by atoms with Gasteiger partial charge in [-0.2, -0.15) is 9.97 Å². The highest BCUT2D eigenvalue weighted by Gasteiger charge is 2.24. The van der Waals surface area contributed by atoms with Gasteiger partial charge in [-0.15, -0.1) is 0 Å². The van der Waals surface area contributed by atoms with Crippen LogP contribution in [0.15, 0.2) is 18.3 Å². The topological polar surface area (TPSA) is 211 Å². The van der Waals surface area contributed by atoms with E-state index in [1.807, 2.05) is 6.92 Å². The average molecular weight is 537 g/mol. The van der Waals surface area contributed by atoms with Crippen LogP contribution < -0.4 is 21.7 Å². The molecule has 0 aliphatic rings. The average Bonchev–Trinajstić information content (AvgIpc) is 2.80. The molecule has 1 amide bonds. The molecule has 0 fully saturated rings. The smallest absolute Gasteiger partial charge is 0.326 e. The molecule has 36 heavy (non-hydrogen) atoms. The van der Waals surface area contributed by atoms with Crippen molar-refractivity contribution in [2.45, 2.75) is 32.4 Å². The fourth-order valence-corrected chi connectivity index (χ4v) is 4.10. The Morgan fingerprint density at radius 3 is 2.36 bits per heavy atom. The van der Waals surface area contributed by atoms with Gasteiger partial charge in [0, 0.05) is 18.5 Å². The van der Waals surface area contributed by atoms with Crippen molar-refractivity contribution in [2.24, 2.45) is 0 Å². The zero-order chi connectivity index (χ0) is 26.6. The first-order valence-electron chi connectivity index (χ1n) is 10.5. The highest BCUT2D eigenvalue weighted by atomic mass is 35.5. The number of aromatic nitrogens is 4. The van der Waals surface area contributed by atoms with Crippen molar-refractivity contribution in [2.75, 3.05) is 22.9 Å². The Bertz CT molecular complexity index is 1320. The van der Waals surface area contributed by atoms with Gasteiger partial charge in [-0.1, -0.05) is 23.2 Å². The Morgan fingerprint density at radius 1 is 1.11 bits per heavy atom. The number of anilines is 3. The van der Waals surface area contributed by atoms with Gasteiger partial charge in [0.05, 0.1) is 34.2 Å². The normalized spacial score (nSPS) is 11.8. The van der Waals surface area contributed by atoms with Crippen molar-refractivity contribution in [1.82, 2.24) is 25.3 Å². The van der Waals surface area contributed by atoms with Crippen molar-refractivity contribution in [3.05, 3.63) is 39.6 Å². The van der Waals surface area contributed by atoms with Gasteiger partial charge in [0.25, 0.3) is 5.91 Å². The highest BCUT2D eigenvalue weighted by Crippen LogP contribution is 2.36. The molecule has 0 radical (unpaired) electrons. The number of carboxylic acids is 2. The predicted molar refractivity (Wildman–Crippen MR) is 133 cm³/mol. The van der Waals surface area contributed by atoms with E-state index in [0.29, 0.717) is 17.9 Å². The van der Waals surface area contributed by atoms with Crippen LogP contribution in [0.1, 0.15) is 35.8 Å². The Balaban J connectivity index is 1.84. The van der Waals surface area contributed by atoms with E-state index in [9.17, 15) is 19.5 Å². The van der Waals surface area contributed by atoms with E-state index in [2.05, 4.69) is 25.3 Å². The zero-order valence-corrected chi connectivity index (χ0v) is 20.4. The molecule has 0 aliphatic carbocycles. The number of aliphatic carboxylic acids is 2. The number of nitrogens with one attached hydrogen (secondary N) is 1. The van der Waals surface area contributed by atoms with Crippen LogP contribution in [0.25, 0.3) is 11.2 Å². The third-order valence-electron chi connectivity index (χ3n) is 5.08. The summed E-state index contributed by atoms with van der Waals surface area (Å²) >= 11 is 12.9. The van der Waals surface area contributed by atoms with Gasteiger partial charge in [0.15, 0.2) is 17.0 Å². The molecule has 15 heteroatoms. The second-order valence-corrected chi connectivity index (χ2v) is 8.41. The number of hydrogen-bond acceptors (Lipinski definition) is 10. The number of rotatable bonds is 10. The molecule has 2 aromatic heterocycles. The molecule has 3 aromatic rings. The molecule has 0 aliphatic heterocycles. The summed E-state index contributed by atoms with van der Waals surface area (Å²) in [5.74, 6) is -3.23. The minimum atomic E-state index is -1.39. The van der Waals surface area contributed by atoms with E-state index >= 15 is 0 Å². The van der Waals surface area contributed by atoms with Crippen LogP contribution in [0, 0.1) is 0 Å². The molecule has 0 saturated heterocycles. The van der Waals surface area contributed by atoms with Gasteiger partial charge in [-0.25, -0.2) is 14.8 Å². The van der Waals surface area contributed by atoms with Crippen LogP contribution in [0.4, 0.5) is 17.5 Å². The third kappa shape index (κ3) is 6.17. The van der Waals surface area contributed by atoms with Gasteiger partial charge in [0.1, 0.15) is 6.04 Å². The molecule has 0 unspecified atom stereocenters. The fraction of sp³-hybridized carbons (Fsp3) is 0.286. The van der Waals surface area contributed by atoms with Crippen molar-refractivity contribution < 1.29 is 24.6 Å². The van der Waals surface area contributed by atoms with E-state index in [1.165, 1.54) is 18.3 Å². The number of carbonyl (C=O) groups excluding carboxylic acids is 1. The molecule has 0 spiro atoms. The lowest BCUT2D eigenvalue weighted by molar-refractivity contribution is -0.140. The summed E-state index contributed by atoms with van der Waals surface area (Å²) in [5, 5.41) is 20.6. The number of benzene rings is 1. The lowest BCUT2D eigenvalue weighted by Crippen LogP contribution is -2.41. The van der Waals surface area contributed by atoms with E-state index < -0.39 is 30.3 Å². The second kappa shape index (κ2) is 11.2. The Hall–Kier alpha value is -3.97. The lowest BCUT2D eigenvalue weighted by Gasteiger charge is -2.25. The van der Waals surface area contributed by atoms with Crippen LogP contribution in [-0.4, -0.2) is 60.6 Å². The number of carboxylic acid groups (broad SMARTS) is 2. The summed E-state index contributed by atoms with van der Waals surface area (Å²) in [7, 11) is 0. The molecule has 190 valence electrons. The first kappa shape index (κ1) is 26.6. The fourth-order valence-electron chi connectivity index (χ4n) is 3.37. The van der Waals surface area contributed by atoms with Crippen LogP contribution in [0.5, 0.6) is 0 Å². The van der Waals surface area contributed by atoms with Gasteiger partial charge >= 0.3 is 11.9 Å². The van der Waals surface area contributed by atoms with E-state index in [0.717, 1.165) is 0 Å². The van der Waals surface area contributed by atoms with Crippen molar-refractivity contribution in [3.63, 3.8) is 0 Å². The number of fused-ring (bicyclic) bond motifs is 1. The van der Waals surface area contributed by atoms with E-state index in [1.54, 1.807) is 4.90 Å². The first-order valence-corrected chi connectivity index (χ1v) is 11.3. The summed E-state index contributed by atoms with van der Waals surface area (Å²) < 4.78 is 0. The van der Waals surface area contributed by atoms with Gasteiger partial charge in [0.2, 0.25) is 5.95 Å². The molecule has 13 nitrogen and oxygen atoms in total. The molecule has 2 heterocycles. The SMILES string of the molecule is CCN(Cc1cnc2nc(N)nc(N)c2n1)c1c(Cl)cc(C(=O)N[C@@H](CCC(=O)O)C(=O)O)cc1Cl. The minimum Gasteiger partial charge on any atom is -0.481 e. The Labute approximate surface area is 214 Å². The van der Waals surface area contributed by atoms with Crippen molar-refractivity contribution >= 4 is 69.7 Å². The van der Waals surface area contributed by atoms with E-state index in [-0.39, 0.29) is 51.5 Å². The number of nitrogen functional groups attached to an aromatic ring is 2. The predicted octanol–water partition coefficient (Wildman–Crippen LogP) is 1.97. The van der Waals surface area contributed by atoms with Gasteiger partial charge in [-0.3, -0.25) is 9.59 Å². The summed E-state index contributed by atoms with van der Waals surface area (Å²) in [6.45, 7) is 2.54. The summed E-state index contributed by atoms with van der Waals surface area (Å²) in [4.78, 5) is 53.1. The molecule has 0 saturated carbocycles. The largest absolute Gasteiger partial charge is 0.481 e. The van der Waals surface area contributed by atoms with Crippen molar-refractivity contribution in [1.29, 1.82) is 0 Å². The number of carbonyl (C=O) groups is 3. The maximum absolute atomic E-state index is 12.6. The van der Waals surface area contributed by atoms with Crippen LogP contribution in [-0.2, 0) is 16.1 Å². The molecule has 7 N–H and O–H groups in total. The first-order chi connectivity index (χ1) is 17.0. The van der Waals surface area contributed by atoms with Gasteiger partial charge < -0.3 is 31.9 Å². The maximum Gasteiger partial charge on any atom is 0.326 e. The minimum absolute atomic E-state index is 0.0133. The molecule has 1 atom stereocenters. The quantitative estimate of drug-likeness (QED) is 0.251. The molecule has 1 aromatic carbocycles. The second-order valence-electron chi connectivity index (χ2n) is 7.60. The Morgan fingerprint density at radius 2 is 1.78 bits per heavy atom. The standard InChI is InChI=1S/C21H22Cl2N8O5/c1-2-31(8-10-7-26-18-15(27-10)17(24)29-21(25)30-18)16-11(22)5-9(6-12(16)23)19(34)28-13(20(35)36)3-4-14(32)33/h5-7,13H,2-4,8H2,1H3,(H,28,34)(H,32,33)(H,35,36)(H4,24,25,26,29,30)/t13-/m0/s1. The molecular weight excluding hydrogens is 515 g/mol. The monoisotopic (exact) mass is 536 g/mol. The number of nitrogens with zero attached hydrogens (tertiary/aromatic N) is 5. The third-order valence-corrected chi connectivity index (χ3v) is 5.66. The maximum atomic E-state index is 12.6. The van der Waals surface area contributed by atoms with E-state index in [4.69, 9.17) is 39.8 Å². The summed E-state index contributed by atoms with van der Waals surface area (Å²) in [6.07, 6.45) is 0.796. The molecular formula is C21H22Cl2N8O5. The van der Waals surface area contributed by atoms with Crippen LogP contribution in [0.2, 0.25) is 10.0 Å². The number of hydrogen-bond donors (Lipinski definition) is 5. The molecule has 3 rings (SSSR count). The number of halogens is 2. The zero-order valence-electron chi connectivity index (χ0n) is 18.9. The highest BCUT2D eigenvalue weighted by molar-refractivity contribution is 6.39. The van der Waals surface area contributed by atoms with Crippen LogP contribution >= 0.6 is 23.2 Å². The summed E-state index contributed by atoms with van der Waals surface area (Å²) in [6, 6.07) is 1.30. The summed E-state index contributed by atoms with van der Waals surface area (Å²) in [5.41, 5.74) is 13.0. The van der Waals surface area contributed by atoms with Crippen molar-refractivity contribution in [3.8, 4) is 0 Å². The van der Waals surface area contributed by atoms with Gasteiger partial charge in [-0.05, 0) is 25.5 Å². The number of nitrogens with two attached hydrogens (primary N) is 2. The lowest BCUT2D eigenvalue weighted by atomic mass is 10.1. The number of amides is 1.